The maximum absolute atomic E-state index is 12.4. The first-order valence-corrected chi connectivity index (χ1v) is 11.6. The smallest absolute Gasteiger partial charge is 0.240 e. The van der Waals surface area contributed by atoms with Crippen molar-refractivity contribution in [1.29, 1.82) is 0 Å². The lowest BCUT2D eigenvalue weighted by Crippen LogP contribution is -2.41. The van der Waals surface area contributed by atoms with Gasteiger partial charge in [-0.3, -0.25) is 9.10 Å². The van der Waals surface area contributed by atoms with Crippen LogP contribution in [-0.2, 0) is 21.2 Å². The quantitative estimate of drug-likeness (QED) is 0.601. The van der Waals surface area contributed by atoms with Gasteiger partial charge in [0.05, 0.1) is 18.6 Å². The zero-order chi connectivity index (χ0) is 21.4. The number of hydrogen-bond donors (Lipinski definition) is 1. The van der Waals surface area contributed by atoms with E-state index in [0.29, 0.717) is 18.8 Å². The standard InChI is InChI=1S/C22H30N2O4S/c1-5-28-20-14-7-6-12-19(20)13-9-15-23-21(25)16-24(29(4,26)27)22-17(2)10-8-11-18(22)3/h6-8,10-12,14H,5,9,13,15-16H2,1-4H3,(H,23,25). The maximum atomic E-state index is 12.4. The molecular formula is C22H30N2O4S. The lowest BCUT2D eigenvalue weighted by molar-refractivity contribution is -0.119. The molecule has 29 heavy (non-hydrogen) atoms. The fraction of sp³-hybridized carbons (Fsp3) is 0.409. The molecular weight excluding hydrogens is 388 g/mol. The Morgan fingerprint density at radius 3 is 2.34 bits per heavy atom. The van der Waals surface area contributed by atoms with E-state index in [4.69, 9.17) is 4.74 Å². The van der Waals surface area contributed by atoms with E-state index in [2.05, 4.69) is 5.32 Å². The molecule has 0 aliphatic rings. The summed E-state index contributed by atoms with van der Waals surface area (Å²) in [5.41, 5.74) is 3.29. The Bertz CT molecular complexity index is 921. The van der Waals surface area contributed by atoms with Gasteiger partial charge in [0, 0.05) is 6.54 Å². The van der Waals surface area contributed by atoms with E-state index in [-0.39, 0.29) is 12.5 Å². The molecule has 7 heteroatoms. The van der Waals surface area contributed by atoms with Crippen molar-refractivity contribution in [3.05, 3.63) is 59.2 Å². The number of carbonyl (C=O) groups is 1. The van der Waals surface area contributed by atoms with Crippen molar-refractivity contribution in [3.63, 3.8) is 0 Å². The monoisotopic (exact) mass is 418 g/mol. The summed E-state index contributed by atoms with van der Waals surface area (Å²) in [7, 11) is -3.59. The third-order valence-electron chi connectivity index (χ3n) is 4.59. The molecule has 0 unspecified atom stereocenters. The highest BCUT2D eigenvalue weighted by Gasteiger charge is 2.23. The number of nitrogens with zero attached hydrogens (tertiary/aromatic N) is 1. The van der Waals surface area contributed by atoms with Gasteiger partial charge in [0.2, 0.25) is 15.9 Å². The Hall–Kier alpha value is -2.54. The van der Waals surface area contributed by atoms with Crippen LogP contribution in [0.2, 0.25) is 0 Å². The molecule has 158 valence electrons. The highest BCUT2D eigenvalue weighted by molar-refractivity contribution is 7.92. The molecule has 0 radical (unpaired) electrons. The van der Waals surface area contributed by atoms with Gasteiger partial charge in [-0.25, -0.2) is 8.42 Å². The Morgan fingerprint density at radius 2 is 1.72 bits per heavy atom. The van der Waals surface area contributed by atoms with Crippen molar-refractivity contribution in [1.82, 2.24) is 5.32 Å². The van der Waals surface area contributed by atoms with E-state index in [1.807, 2.05) is 63.2 Å². The molecule has 0 saturated carbocycles. The third-order valence-corrected chi connectivity index (χ3v) is 5.71. The second-order valence-electron chi connectivity index (χ2n) is 7.00. The fourth-order valence-corrected chi connectivity index (χ4v) is 4.23. The van der Waals surface area contributed by atoms with Crippen LogP contribution in [0, 0.1) is 13.8 Å². The number of anilines is 1. The van der Waals surface area contributed by atoms with Crippen LogP contribution < -0.4 is 14.4 Å². The molecule has 2 aromatic rings. The summed E-state index contributed by atoms with van der Waals surface area (Å²) in [6, 6.07) is 13.4. The number of aryl methyl sites for hydroxylation is 3. The Labute approximate surface area is 173 Å². The minimum Gasteiger partial charge on any atom is -0.494 e. The van der Waals surface area contributed by atoms with Crippen molar-refractivity contribution in [2.24, 2.45) is 0 Å². The number of amides is 1. The lowest BCUT2D eigenvalue weighted by atomic mass is 10.1. The lowest BCUT2D eigenvalue weighted by Gasteiger charge is -2.25. The Kier molecular flexibility index (Phi) is 8.08. The number of rotatable bonds is 10. The van der Waals surface area contributed by atoms with Gasteiger partial charge in [-0.1, -0.05) is 36.4 Å². The molecule has 0 aliphatic carbocycles. The van der Waals surface area contributed by atoms with Gasteiger partial charge in [-0.15, -0.1) is 0 Å². The van der Waals surface area contributed by atoms with E-state index < -0.39 is 10.0 Å². The van der Waals surface area contributed by atoms with Crippen LogP contribution in [0.5, 0.6) is 5.75 Å². The van der Waals surface area contributed by atoms with Crippen molar-refractivity contribution in [2.75, 3.05) is 30.3 Å². The minimum absolute atomic E-state index is 0.236. The number of sulfonamides is 1. The molecule has 0 heterocycles. The van der Waals surface area contributed by atoms with Crippen LogP contribution in [0.25, 0.3) is 0 Å². The molecule has 0 spiro atoms. The minimum atomic E-state index is -3.59. The van der Waals surface area contributed by atoms with E-state index in [1.54, 1.807) is 0 Å². The first-order chi connectivity index (χ1) is 13.7. The summed E-state index contributed by atoms with van der Waals surface area (Å²) < 4.78 is 31.4. The van der Waals surface area contributed by atoms with Gasteiger partial charge in [0.15, 0.2) is 0 Å². The topological polar surface area (TPSA) is 75.7 Å². The van der Waals surface area contributed by atoms with Gasteiger partial charge in [0.1, 0.15) is 12.3 Å². The van der Waals surface area contributed by atoms with Crippen molar-refractivity contribution in [2.45, 2.75) is 33.6 Å². The summed E-state index contributed by atoms with van der Waals surface area (Å²) in [5.74, 6) is 0.538. The second kappa shape index (κ2) is 10.3. The molecule has 0 bridgehead atoms. The van der Waals surface area contributed by atoms with E-state index in [1.165, 1.54) is 4.31 Å². The van der Waals surface area contributed by atoms with Crippen LogP contribution in [-0.4, -0.2) is 40.3 Å². The summed E-state index contributed by atoms with van der Waals surface area (Å²) >= 11 is 0. The largest absolute Gasteiger partial charge is 0.494 e. The zero-order valence-corrected chi connectivity index (χ0v) is 18.4. The zero-order valence-electron chi connectivity index (χ0n) is 17.6. The predicted octanol–water partition coefficient (Wildman–Crippen LogP) is 3.22. The molecule has 1 N–H and O–H groups in total. The number of para-hydroxylation sites is 2. The van der Waals surface area contributed by atoms with Gasteiger partial charge in [0.25, 0.3) is 0 Å². The Morgan fingerprint density at radius 1 is 1.07 bits per heavy atom. The van der Waals surface area contributed by atoms with Gasteiger partial charge < -0.3 is 10.1 Å². The molecule has 0 atom stereocenters. The van der Waals surface area contributed by atoms with E-state index in [9.17, 15) is 13.2 Å². The van der Waals surface area contributed by atoms with Crippen LogP contribution >= 0.6 is 0 Å². The second-order valence-corrected chi connectivity index (χ2v) is 8.91. The molecule has 0 aliphatic heterocycles. The maximum Gasteiger partial charge on any atom is 0.240 e. The molecule has 0 saturated heterocycles. The molecule has 0 fully saturated rings. The summed E-state index contributed by atoms with van der Waals surface area (Å²) in [5, 5.41) is 2.83. The molecule has 6 nitrogen and oxygen atoms in total. The Balaban J connectivity index is 1.96. The molecule has 1 amide bonds. The SMILES string of the molecule is CCOc1ccccc1CCCNC(=O)CN(c1c(C)cccc1C)S(C)(=O)=O. The number of hydrogen-bond acceptors (Lipinski definition) is 4. The number of nitrogens with one attached hydrogen (secondary N) is 1. The summed E-state index contributed by atoms with van der Waals surface area (Å²) in [4.78, 5) is 12.4. The molecule has 2 aromatic carbocycles. The van der Waals surface area contributed by atoms with Crippen molar-refractivity contribution in [3.8, 4) is 5.75 Å². The average Bonchev–Trinajstić information content (AvgIpc) is 2.65. The normalized spacial score (nSPS) is 11.2. The highest BCUT2D eigenvalue weighted by Crippen LogP contribution is 2.26. The van der Waals surface area contributed by atoms with Crippen LogP contribution in [0.15, 0.2) is 42.5 Å². The van der Waals surface area contributed by atoms with Gasteiger partial charge >= 0.3 is 0 Å². The summed E-state index contributed by atoms with van der Waals surface area (Å²) in [6.45, 7) is 6.46. The van der Waals surface area contributed by atoms with Crippen LogP contribution in [0.4, 0.5) is 5.69 Å². The first kappa shape index (κ1) is 22.7. The molecule has 2 rings (SSSR count). The van der Waals surface area contributed by atoms with Crippen molar-refractivity contribution >= 4 is 21.6 Å². The van der Waals surface area contributed by atoms with Crippen LogP contribution in [0.3, 0.4) is 0 Å². The van der Waals surface area contributed by atoms with Gasteiger partial charge in [-0.2, -0.15) is 0 Å². The number of ether oxygens (including phenoxy) is 1. The molecule has 0 aromatic heterocycles. The fourth-order valence-electron chi connectivity index (χ4n) is 3.26. The van der Waals surface area contributed by atoms with E-state index in [0.717, 1.165) is 41.5 Å². The summed E-state index contributed by atoms with van der Waals surface area (Å²) in [6.07, 6.45) is 2.62. The van der Waals surface area contributed by atoms with E-state index >= 15 is 0 Å². The van der Waals surface area contributed by atoms with Gasteiger partial charge in [-0.05, 0) is 56.4 Å². The first-order valence-electron chi connectivity index (χ1n) is 9.75. The predicted molar refractivity (Wildman–Crippen MR) is 117 cm³/mol. The number of carbonyl (C=O) groups excluding carboxylic acids is 1. The van der Waals surface area contributed by atoms with Crippen LogP contribution in [0.1, 0.15) is 30.0 Å². The highest BCUT2D eigenvalue weighted by atomic mass is 32.2. The number of benzene rings is 2. The average molecular weight is 419 g/mol. The third kappa shape index (κ3) is 6.49. The van der Waals surface area contributed by atoms with Crippen molar-refractivity contribution < 1.29 is 17.9 Å².